The summed E-state index contributed by atoms with van der Waals surface area (Å²) in [6.45, 7) is 1.89. The van der Waals surface area contributed by atoms with Gasteiger partial charge in [-0.15, -0.1) is 0 Å². The van der Waals surface area contributed by atoms with Crippen LogP contribution in [0, 0.1) is 18.3 Å². The Morgan fingerprint density at radius 3 is 2.83 bits per heavy atom. The Bertz CT molecular complexity index is 631. The summed E-state index contributed by atoms with van der Waals surface area (Å²) in [5, 5.41) is 12.1. The SMILES string of the molecule is Cc1cnc(Nc2cc(Br)ccc2C#N)cc1N. The van der Waals surface area contributed by atoms with Gasteiger partial charge in [-0.2, -0.15) is 5.26 Å². The van der Waals surface area contributed by atoms with Gasteiger partial charge >= 0.3 is 0 Å². The van der Waals surface area contributed by atoms with Crippen molar-refractivity contribution in [2.24, 2.45) is 0 Å². The molecule has 5 heteroatoms. The quantitative estimate of drug-likeness (QED) is 0.892. The summed E-state index contributed by atoms with van der Waals surface area (Å²) in [6.07, 6.45) is 1.70. The molecular weight excluding hydrogens is 292 g/mol. The van der Waals surface area contributed by atoms with E-state index in [4.69, 9.17) is 11.0 Å². The molecule has 0 amide bonds. The second-order valence-electron chi connectivity index (χ2n) is 3.85. The number of benzene rings is 1. The molecule has 0 radical (unpaired) electrons. The topological polar surface area (TPSA) is 74.7 Å². The molecule has 1 aromatic carbocycles. The molecule has 0 atom stereocenters. The van der Waals surface area contributed by atoms with E-state index in [0.29, 0.717) is 22.8 Å². The summed E-state index contributed by atoms with van der Waals surface area (Å²) < 4.78 is 0.893. The first-order chi connectivity index (χ1) is 8.60. The number of hydrogen-bond acceptors (Lipinski definition) is 4. The number of nitriles is 1. The molecule has 0 aliphatic carbocycles. The minimum absolute atomic E-state index is 0.555. The zero-order chi connectivity index (χ0) is 13.1. The largest absolute Gasteiger partial charge is 0.398 e. The number of halogens is 1. The number of nitrogens with two attached hydrogens (primary N) is 1. The molecule has 0 saturated carbocycles. The zero-order valence-corrected chi connectivity index (χ0v) is 11.3. The van der Waals surface area contributed by atoms with Gasteiger partial charge in [-0.3, -0.25) is 0 Å². The van der Waals surface area contributed by atoms with Gasteiger partial charge in [0.1, 0.15) is 11.9 Å². The van der Waals surface area contributed by atoms with E-state index in [1.54, 1.807) is 18.3 Å². The first-order valence-electron chi connectivity index (χ1n) is 5.29. The Kier molecular flexibility index (Phi) is 3.49. The number of nitrogens with one attached hydrogen (secondary N) is 1. The molecular formula is C13H11BrN4. The zero-order valence-electron chi connectivity index (χ0n) is 9.74. The Hall–Kier alpha value is -2.06. The van der Waals surface area contributed by atoms with Crippen LogP contribution in [0.15, 0.2) is 34.9 Å². The molecule has 0 unspecified atom stereocenters. The standard InChI is InChI=1S/C13H11BrN4/c1-8-7-17-13(5-11(8)16)18-12-4-10(14)3-2-9(12)6-15/h2-5,7H,1H3,(H3,16,17,18). The molecule has 3 N–H and O–H groups in total. The fourth-order valence-corrected chi connectivity index (χ4v) is 1.82. The molecule has 90 valence electrons. The van der Waals surface area contributed by atoms with E-state index < -0.39 is 0 Å². The van der Waals surface area contributed by atoms with Crippen LogP contribution in [0.25, 0.3) is 0 Å². The molecule has 0 bridgehead atoms. The van der Waals surface area contributed by atoms with Gasteiger partial charge in [-0.1, -0.05) is 15.9 Å². The fourth-order valence-electron chi connectivity index (χ4n) is 1.46. The molecule has 1 heterocycles. The maximum Gasteiger partial charge on any atom is 0.132 e. The van der Waals surface area contributed by atoms with Crippen LogP contribution in [0.3, 0.4) is 0 Å². The highest BCUT2D eigenvalue weighted by atomic mass is 79.9. The second kappa shape index (κ2) is 5.07. The maximum atomic E-state index is 9.04. The Morgan fingerprint density at radius 2 is 2.17 bits per heavy atom. The summed E-state index contributed by atoms with van der Waals surface area (Å²) in [5.74, 6) is 0.618. The molecule has 0 spiro atoms. The molecule has 4 nitrogen and oxygen atoms in total. The van der Waals surface area contributed by atoms with E-state index in [-0.39, 0.29) is 0 Å². The molecule has 0 fully saturated rings. The summed E-state index contributed by atoms with van der Waals surface area (Å²) in [7, 11) is 0. The van der Waals surface area contributed by atoms with Crippen molar-refractivity contribution in [2.45, 2.75) is 6.92 Å². The maximum absolute atomic E-state index is 9.04. The van der Waals surface area contributed by atoms with Gasteiger partial charge < -0.3 is 11.1 Å². The molecule has 2 aromatic rings. The lowest BCUT2D eigenvalue weighted by Gasteiger charge is -2.09. The van der Waals surface area contributed by atoms with Crippen molar-refractivity contribution < 1.29 is 0 Å². The smallest absolute Gasteiger partial charge is 0.132 e. The van der Waals surface area contributed by atoms with Crippen LogP contribution in [0.1, 0.15) is 11.1 Å². The van der Waals surface area contributed by atoms with Crippen molar-refractivity contribution in [1.29, 1.82) is 5.26 Å². The van der Waals surface area contributed by atoms with Gasteiger partial charge in [0.05, 0.1) is 11.3 Å². The molecule has 1 aromatic heterocycles. The minimum atomic E-state index is 0.555. The number of pyridine rings is 1. The number of nitrogens with zero attached hydrogens (tertiary/aromatic N) is 2. The molecule has 2 rings (SSSR count). The number of hydrogen-bond donors (Lipinski definition) is 2. The van der Waals surface area contributed by atoms with Crippen molar-refractivity contribution >= 4 is 33.1 Å². The molecule has 0 saturated heterocycles. The van der Waals surface area contributed by atoms with E-state index in [0.717, 1.165) is 10.0 Å². The minimum Gasteiger partial charge on any atom is -0.398 e. The predicted molar refractivity (Wildman–Crippen MR) is 75.5 cm³/mol. The average Bonchev–Trinajstić information content (AvgIpc) is 2.34. The first kappa shape index (κ1) is 12.4. The van der Waals surface area contributed by atoms with Crippen molar-refractivity contribution in [3.05, 3.63) is 46.1 Å². The number of aromatic nitrogens is 1. The van der Waals surface area contributed by atoms with Crippen molar-refractivity contribution in [3.8, 4) is 6.07 Å². The highest BCUT2D eigenvalue weighted by Gasteiger charge is 2.05. The monoisotopic (exact) mass is 302 g/mol. The highest BCUT2D eigenvalue weighted by molar-refractivity contribution is 9.10. The average molecular weight is 303 g/mol. The third-order valence-corrected chi connectivity index (χ3v) is 3.00. The molecule has 18 heavy (non-hydrogen) atoms. The van der Waals surface area contributed by atoms with Crippen LogP contribution in [0.2, 0.25) is 0 Å². The van der Waals surface area contributed by atoms with Crippen LogP contribution in [0.4, 0.5) is 17.2 Å². The van der Waals surface area contributed by atoms with Gasteiger partial charge in [-0.05, 0) is 30.7 Å². The van der Waals surface area contributed by atoms with Crippen molar-refractivity contribution in [2.75, 3.05) is 11.1 Å². The Balaban J connectivity index is 2.36. The lowest BCUT2D eigenvalue weighted by molar-refractivity contribution is 1.26. The summed E-state index contributed by atoms with van der Waals surface area (Å²) >= 11 is 3.37. The van der Waals surface area contributed by atoms with E-state index >= 15 is 0 Å². The highest BCUT2D eigenvalue weighted by Crippen LogP contribution is 2.24. The molecule has 0 aliphatic rings. The number of anilines is 3. The van der Waals surface area contributed by atoms with Crippen LogP contribution in [0.5, 0.6) is 0 Å². The van der Waals surface area contributed by atoms with Gasteiger partial charge in [-0.25, -0.2) is 4.98 Å². The third-order valence-electron chi connectivity index (χ3n) is 2.51. The summed E-state index contributed by atoms with van der Waals surface area (Å²) in [4.78, 5) is 4.22. The summed E-state index contributed by atoms with van der Waals surface area (Å²) in [5.41, 5.74) is 8.67. The second-order valence-corrected chi connectivity index (χ2v) is 4.77. The number of nitrogen functional groups attached to an aromatic ring is 1. The Labute approximate surface area is 114 Å². The molecule has 0 aliphatic heterocycles. The van der Waals surface area contributed by atoms with Crippen molar-refractivity contribution in [3.63, 3.8) is 0 Å². The Morgan fingerprint density at radius 1 is 1.39 bits per heavy atom. The predicted octanol–water partition coefficient (Wildman–Crippen LogP) is 3.35. The lowest BCUT2D eigenvalue weighted by Crippen LogP contribution is -1.99. The summed E-state index contributed by atoms with van der Waals surface area (Å²) in [6, 6.07) is 9.26. The fraction of sp³-hybridized carbons (Fsp3) is 0.0769. The first-order valence-corrected chi connectivity index (χ1v) is 6.08. The van der Waals surface area contributed by atoms with Gasteiger partial charge in [0.15, 0.2) is 0 Å². The van der Waals surface area contributed by atoms with Gasteiger partial charge in [0, 0.05) is 22.4 Å². The lowest BCUT2D eigenvalue weighted by atomic mass is 10.2. The van der Waals surface area contributed by atoms with E-state index in [1.165, 1.54) is 0 Å². The van der Waals surface area contributed by atoms with Crippen LogP contribution >= 0.6 is 15.9 Å². The van der Waals surface area contributed by atoms with E-state index in [1.807, 2.05) is 19.1 Å². The normalized spacial score (nSPS) is 9.83. The number of rotatable bonds is 2. The van der Waals surface area contributed by atoms with Crippen LogP contribution in [-0.2, 0) is 0 Å². The van der Waals surface area contributed by atoms with Gasteiger partial charge in [0.25, 0.3) is 0 Å². The third kappa shape index (κ3) is 2.60. The number of aryl methyl sites for hydroxylation is 1. The van der Waals surface area contributed by atoms with Gasteiger partial charge in [0.2, 0.25) is 0 Å². The van der Waals surface area contributed by atoms with E-state index in [2.05, 4.69) is 32.3 Å². The van der Waals surface area contributed by atoms with E-state index in [9.17, 15) is 0 Å². The van der Waals surface area contributed by atoms with Crippen molar-refractivity contribution in [1.82, 2.24) is 4.98 Å². The van der Waals surface area contributed by atoms with Crippen LogP contribution in [-0.4, -0.2) is 4.98 Å². The van der Waals surface area contributed by atoms with Crippen LogP contribution < -0.4 is 11.1 Å².